The number of nitrogens with one attached hydrogen (secondary N) is 7. The van der Waals surface area contributed by atoms with Crippen molar-refractivity contribution in [3.05, 3.63) is 138 Å². The Hall–Kier alpha value is -7.96. The predicted octanol–water partition coefficient (Wildman–Crippen LogP) is 0.962. The van der Waals surface area contributed by atoms with E-state index in [1.54, 1.807) is 103 Å². The van der Waals surface area contributed by atoms with Crippen LogP contribution in [0.1, 0.15) is 67.7 Å². The van der Waals surface area contributed by atoms with Crippen LogP contribution in [-0.4, -0.2) is 152 Å². The molecule has 0 bridgehead atoms. The zero-order valence-corrected chi connectivity index (χ0v) is 47.1. The number of carbonyl (C=O) groups excluding carboxylic acids is 9. The molecule has 22 nitrogen and oxygen atoms in total. The van der Waals surface area contributed by atoms with E-state index >= 15 is 0 Å². The Morgan fingerprint density at radius 2 is 1.24 bits per heavy atom. The number of likely N-dealkylation sites (tertiary alicyclic amines) is 1. The van der Waals surface area contributed by atoms with Gasteiger partial charge >= 0.3 is 5.97 Å². The minimum atomic E-state index is -1.51. The molecule has 82 heavy (non-hydrogen) atoms. The molecule has 2 aliphatic heterocycles. The molecule has 0 spiro atoms. The first-order valence-corrected chi connectivity index (χ1v) is 29.4. The summed E-state index contributed by atoms with van der Waals surface area (Å²) in [5.41, 5.74) is 14.7. The van der Waals surface area contributed by atoms with Gasteiger partial charge in [-0.3, -0.25) is 43.2 Å². The number of hydrogen-bond donors (Lipinski definition) is 11. The van der Waals surface area contributed by atoms with Gasteiger partial charge in [-0.15, -0.1) is 11.8 Å². The number of aromatic hydroxyl groups is 1. The average Bonchev–Trinajstić information content (AvgIpc) is 4.14. The van der Waals surface area contributed by atoms with Gasteiger partial charge in [0.15, 0.2) is 0 Å². The summed E-state index contributed by atoms with van der Waals surface area (Å²) in [6.45, 7) is 1.50. The van der Waals surface area contributed by atoms with Crippen LogP contribution in [0.4, 0.5) is 0 Å². The van der Waals surface area contributed by atoms with Gasteiger partial charge in [-0.05, 0) is 85.6 Å². The van der Waals surface area contributed by atoms with E-state index in [2.05, 4.69) is 37.2 Å². The highest BCUT2D eigenvalue weighted by atomic mass is 32.2. The maximum atomic E-state index is 14.6. The van der Waals surface area contributed by atoms with E-state index < -0.39 is 114 Å². The van der Waals surface area contributed by atoms with Gasteiger partial charge in [0.05, 0.1) is 6.04 Å². The van der Waals surface area contributed by atoms with Crippen molar-refractivity contribution in [1.29, 1.82) is 0 Å². The van der Waals surface area contributed by atoms with E-state index in [0.717, 1.165) is 11.1 Å². The monoisotopic (exact) mass is 1160 g/mol. The summed E-state index contributed by atoms with van der Waals surface area (Å²) in [7, 11) is 0. The van der Waals surface area contributed by atoms with Gasteiger partial charge < -0.3 is 63.8 Å². The first-order valence-electron chi connectivity index (χ1n) is 27.1. The Kier molecular flexibility index (Phi) is 24.6. The Labute approximate surface area is 484 Å². The number of primary amides is 1. The third-order valence-electron chi connectivity index (χ3n) is 13.9. The number of phenolic OH excluding ortho intramolecular Hbond substituents is 1. The van der Waals surface area contributed by atoms with Gasteiger partial charge in [0.2, 0.25) is 53.2 Å². The Balaban J connectivity index is 1.25. The fraction of sp³-hybridized carbons (Fsp3) is 0.414. The van der Waals surface area contributed by atoms with Crippen molar-refractivity contribution in [3.63, 3.8) is 0 Å². The van der Waals surface area contributed by atoms with Crippen LogP contribution in [0, 0.1) is 0 Å². The second-order valence-electron chi connectivity index (χ2n) is 20.2. The normalized spacial score (nSPS) is 22.4. The van der Waals surface area contributed by atoms with Crippen molar-refractivity contribution < 1.29 is 58.2 Å². The number of benzene rings is 4. The quantitative estimate of drug-likeness (QED) is 0.0661. The van der Waals surface area contributed by atoms with Crippen molar-refractivity contribution in [2.75, 3.05) is 23.1 Å². The lowest BCUT2D eigenvalue weighted by Gasteiger charge is -2.31. The molecule has 9 amide bonds. The highest BCUT2D eigenvalue weighted by Gasteiger charge is 2.40. The van der Waals surface area contributed by atoms with Crippen LogP contribution in [0.25, 0.3) is 0 Å². The highest BCUT2D eigenvalue weighted by molar-refractivity contribution is 8.16. The van der Waals surface area contributed by atoms with Crippen molar-refractivity contribution in [2.24, 2.45) is 11.5 Å². The van der Waals surface area contributed by atoms with Crippen LogP contribution in [0.15, 0.2) is 115 Å². The molecule has 4 aromatic rings. The molecule has 438 valence electrons. The van der Waals surface area contributed by atoms with Gasteiger partial charge in [-0.1, -0.05) is 103 Å². The molecule has 2 fully saturated rings. The molecular formula is C58H72N10O12S2. The van der Waals surface area contributed by atoms with Crippen LogP contribution < -0.4 is 48.7 Å². The maximum absolute atomic E-state index is 14.6. The zero-order valence-electron chi connectivity index (χ0n) is 45.5. The molecule has 0 aliphatic carbocycles. The number of aliphatic carboxylic acids is 1. The first-order chi connectivity index (χ1) is 39.3. The minimum Gasteiger partial charge on any atom is -0.508 e. The lowest BCUT2D eigenvalue weighted by molar-refractivity contribution is -0.142. The Bertz CT molecular complexity index is 2840. The lowest BCUT2D eigenvalue weighted by atomic mass is 10.0. The van der Waals surface area contributed by atoms with Crippen LogP contribution in [-0.2, 0) is 73.6 Å². The second kappa shape index (κ2) is 31.9. The third kappa shape index (κ3) is 19.9. The molecule has 0 saturated carbocycles. The molecule has 24 heteroatoms. The molecule has 0 radical (unpaired) electrons. The van der Waals surface area contributed by atoms with Crippen LogP contribution in [0.2, 0.25) is 0 Å². The van der Waals surface area contributed by atoms with Gasteiger partial charge in [0.25, 0.3) is 0 Å². The first kappa shape index (κ1) is 63.2. The van der Waals surface area contributed by atoms with Crippen LogP contribution in [0.5, 0.6) is 5.75 Å². The average molecular weight is 1170 g/mol. The fourth-order valence-corrected chi connectivity index (χ4v) is 11.5. The summed E-state index contributed by atoms with van der Waals surface area (Å²) in [5.74, 6) is -7.97. The minimum absolute atomic E-state index is 0.0263. The Morgan fingerprint density at radius 1 is 0.683 bits per heavy atom. The van der Waals surface area contributed by atoms with Crippen molar-refractivity contribution in [1.82, 2.24) is 42.1 Å². The summed E-state index contributed by atoms with van der Waals surface area (Å²) in [5, 5.41) is 38.9. The SMILES string of the molecule is C[C@@H]1NC(=O)[C@H](Cc2ccccc2)NC(=O)[C@H](CCC(N)=O)NC(=O)[C@H](NC(=O)[C@@H]2CCCN2C(=O)[C@H](Cc2ccccc2)NC(=O)[C@H](N)CCc2ccc(O)cc2)CSCSCC[C@@H](C(=O)O)NC(=O)[C@H](Cc2ccccc2)NC1=O. The molecule has 9 atom stereocenters. The van der Waals surface area contributed by atoms with E-state index in [-0.39, 0.29) is 80.3 Å². The molecule has 0 aromatic heterocycles. The predicted molar refractivity (Wildman–Crippen MR) is 309 cm³/mol. The number of phenols is 1. The standard InChI is InChI=1S/C58H72N10O12S2/c1-35-50(71)64-45(31-38-14-7-3-8-15-38)54(75)63-43(58(79)80)27-29-81-34-82-33-47(55(76)62-42(25-26-49(60)70)52(73)65-44(53(74)61-35)30-37-12-5-2-6-13-37)67-56(77)48-18-11-28-68(48)57(78)46(32-39-16-9-4-10-17-39)66-51(72)41(59)24-21-36-19-22-40(69)23-20-36/h2-10,12-17,19-20,22-23,35,41-48,69H,11,18,21,24-34,59H2,1H3,(H2,60,70)(H,61,74)(H,62,76)(H,63,75)(H,64,71)(H,65,73)(H,66,72)(H,67,77)(H,79,80)/t35-,41+,42-,43-,44-,45-,46-,47+,48-/m0/s1. The number of nitrogens with two attached hydrogens (primary N) is 2. The fourth-order valence-electron chi connectivity index (χ4n) is 9.31. The number of thioether (sulfide) groups is 2. The molecule has 0 unspecified atom stereocenters. The Morgan fingerprint density at radius 3 is 1.84 bits per heavy atom. The number of hydrogen-bond acceptors (Lipinski definition) is 14. The number of carboxylic acid groups (broad SMARTS) is 1. The van der Waals surface area contributed by atoms with E-state index in [1.165, 1.54) is 47.5 Å². The zero-order chi connectivity index (χ0) is 59.1. The van der Waals surface area contributed by atoms with Crippen molar-refractivity contribution >= 4 is 82.7 Å². The van der Waals surface area contributed by atoms with E-state index in [9.17, 15) is 58.2 Å². The summed E-state index contributed by atoms with van der Waals surface area (Å²) in [6.07, 6.45) is 0.394. The molecule has 13 N–H and O–H groups in total. The number of rotatable bonds is 18. The topological polar surface area (TPSA) is 351 Å². The number of aryl methyl sites for hydroxylation is 1. The highest BCUT2D eigenvalue weighted by Crippen LogP contribution is 2.22. The second-order valence-corrected chi connectivity index (χ2v) is 22.7. The van der Waals surface area contributed by atoms with Gasteiger partial charge in [-0.2, -0.15) is 11.8 Å². The lowest BCUT2D eigenvalue weighted by Crippen LogP contribution is -2.60. The van der Waals surface area contributed by atoms with Crippen molar-refractivity contribution in [2.45, 2.75) is 126 Å². The third-order valence-corrected chi connectivity index (χ3v) is 16.3. The van der Waals surface area contributed by atoms with Crippen LogP contribution in [0.3, 0.4) is 0 Å². The molecule has 2 heterocycles. The smallest absolute Gasteiger partial charge is 0.326 e. The number of carbonyl (C=O) groups is 10. The molecular weight excluding hydrogens is 1090 g/mol. The molecule has 6 rings (SSSR count). The summed E-state index contributed by atoms with van der Waals surface area (Å²) >= 11 is 2.48. The summed E-state index contributed by atoms with van der Waals surface area (Å²) < 4.78 is 0. The van der Waals surface area contributed by atoms with Crippen LogP contribution >= 0.6 is 23.5 Å². The number of carboxylic acids is 1. The number of nitrogens with zero attached hydrogens (tertiary/aromatic N) is 1. The van der Waals surface area contributed by atoms with Gasteiger partial charge in [0, 0.05) is 43.1 Å². The summed E-state index contributed by atoms with van der Waals surface area (Å²) in [4.78, 5) is 140. The molecule has 2 saturated heterocycles. The van der Waals surface area contributed by atoms with Gasteiger partial charge in [0.1, 0.15) is 54.1 Å². The van der Waals surface area contributed by atoms with E-state index in [0.29, 0.717) is 24.0 Å². The summed E-state index contributed by atoms with van der Waals surface area (Å²) in [6, 6.07) is 21.3. The van der Waals surface area contributed by atoms with E-state index in [4.69, 9.17) is 11.5 Å². The molecule has 4 aromatic carbocycles. The van der Waals surface area contributed by atoms with Crippen molar-refractivity contribution in [3.8, 4) is 5.75 Å². The van der Waals surface area contributed by atoms with Gasteiger partial charge in [-0.25, -0.2) is 4.79 Å². The largest absolute Gasteiger partial charge is 0.508 e. The maximum Gasteiger partial charge on any atom is 0.326 e. The van der Waals surface area contributed by atoms with E-state index in [1.807, 2.05) is 0 Å². The number of amides is 9. The molecule has 2 aliphatic rings.